The lowest BCUT2D eigenvalue weighted by atomic mass is 10.0. The minimum absolute atomic E-state index is 0.0491. The summed E-state index contributed by atoms with van der Waals surface area (Å²) in [6.45, 7) is 4.99. The van der Waals surface area contributed by atoms with Crippen LogP contribution in [-0.4, -0.2) is 6.54 Å². The normalized spacial score (nSPS) is 16.8. The molecule has 2 aromatic carbocycles. The van der Waals surface area contributed by atoms with Gasteiger partial charge in [-0.15, -0.1) is 0 Å². The summed E-state index contributed by atoms with van der Waals surface area (Å²) < 4.78 is 6.18. The van der Waals surface area contributed by atoms with Crippen molar-refractivity contribution in [2.75, 3.05) is 11.9 Å². The fourth-order valence-electron chi connectivity index (χ4n) is 2.78. The number of halogens is 1. The van der Waals surface area contributed by atoms with Crippen molar-refractivity contribution in [1.29, 1.82) is 0 Å². The molecule has 2 nitrogen and oxygen atoms in total. The Morgan fingerprint density at radius 3 is 2.71 bits per heavy atom. The molecule has 1 aliphatic rings. The first-order chi connectivity index (χ1) is 10.2. The molecule has 2 aromatic rings. The highest BCUT2D eigenvalue weighted by atomic mass is 35.5. The van der Waals surface area contributed by atoms with Crippen molar-refractivity contribution in [2.45, 2.75) is 32.8 Å². The molecule has 0 aromatic heterocycles. The summed E-state index contributed by atoms with van der Waals surface area (Å²) in [4.78, 5) is 0. The van der Waals surface area contributed by atoms with E-state index in [1.165, 1.54) is 17.5 Å². The van der Waals surface area contributed by atoms with Crippen LogP contribution >= 0.6 is 11.6 Å². The lowest BCUT2D eigenvalue weighted by Gasteiger charge is -2.29. The van der Waals surface area contributed by atoms with Crippen LogP contribution in [0.5, 0.6) is 5.75 Å². The first-order valence-electron chi connectivity index (χ1n) is 7.47. The summed E-state index contributed by atoms with van der Waals surface area (Å²) in [5.41, 5.74) is 4.65. The number of fused-ring (bicyclic) bond motifs is 1. The average Bonchev–Trinajstić information content (AvgIpc) is 2.48. The molecule has 1 heterocycles. The van der Waals surface area contributed by atoms with Gasteiger partial charge in [0.2, 0.25) is 0 Å². The van der Waals surface area contributed by atoms with Gasteiger partial charge >= 0.3 is 0 Å². The summed E-state index contributed by atoms with van der Waals surface area (Å²) >= 11 is 6.09. The minimum Gasteiger partial charge on any atom is -0.481 e. The van der Waals surface area contributed by atoms with Gasteiger partial charge < -0.3 is 10.1 Å². The summed E-state index contributed by atoms with van der Waals surface area (Å²) in [5, 5.41) is 4.16. The summed E-state index contributed by atoms with van der Waals surface area (Å²) in [5.74, 6) is 0.910. The number of rotatable bonds is 3. The molecule has 1 aliphatic heterocycles. The smallest absolute Gasteiger partial charge is 0.146 e. The molecule has 0 aliphatic carbocycles. The van der Waals surface area contributed by atoms with Crippen LogP contribution in [0, 0.1) is 6.92 Å². The number of ether oxygens (including phenoxy) is 1. The average molecular weight is 302 g/mol. The highest BCUT2D eigenvalue weighted by Gasteiger charge is 2.22. The molecule has 0 amide bonds. The summed E-state index contributed by atoms with van der Waals surface area (Å²) in [6, 6.07) is 12.6. The molecule has 0 saturated carbocycles. The molecule has 1 unspecified atom stereocenters. The van der Waals surface area contributed by atoms with Crippen molar-refractivity contribution < 1.29 is 4.74 Å². The van der Waals surface area contributed by atoms with Gasteiger partial charge in [0.25, 0.3) is 0 Å². The van der Waals surface area contributed by atoms with E-state index < -0.39 is 0 Å². The topological polar surface area (TPSA) is 21.3 Å². The van der Waals surface area contributed by atoms with Crippen molar-refractivity contribution in [3.05, 3.63) is 58.1 Å². The predicted octanol–water partition coefficient (Wildman–Crippen LogP) is 5.15. The molecule has 0 spiro atoms. The Morgan fingerprint density at radius 2 is 2.00 bits per heavy atom. The molecule has 1 N–H and O–H groups in total. The first-order valence-corrected chi connectivity index (χ1v) is 7.84. The molecule has 0 radical (unpaired) electrons. The lowest BCUT2D eigenvalue weighted by Crippen LogP contribution is -2.24. The zero-order chi connectivity index (χ0) is 14.8. The number of hydrogen-bond donors (Lipinski definition) is 1. The maximum absolute atomic E-state index is 6.18. The largest absolute Gasteiger partial charge is 0.481 e. The van der Waals surface area contributed by atoms with Crippen molar-refractivity contribution in [3.8, 4) is 5.75 Å². The zero-order valence-corrected chi connectivity index (χ0v) is 13.2. The molecule has 1 atom stereocenters. The molecule has 0 bridgehead atoms. The number of benzene rings is 2. The van der Waals surface area contributed by atoms with Crippen molar-refractivity contribution in [2.24, 2.45) is 0 Å². The molecule has 3 heteroatoms. The molecule has 0 saturated heterocycles. The highest BCUT2D eigenvalue weighted by molar-refractivity contribution is 6.31. The Morgan fingerprint density at radius 1 is 1.24 bits per heavy atom. The van der Waals surface area contributed by atoms with Crippen LogP contribution in [0.2, 0.25) is 5.02 Å². The van der Waals surface area contributed by atoms with Gasteiger partial charge in [-0.05, 0) is 42.2 Å². The van der Waals surface area contributed by atoms with E-state index in [4.69, 9.17) is 16.3 Å². The highest BCUT2D eigenvalue weighted by Crippen LogP contribution is 2.38. The summed E-state index contributed by atoms with van der Waals surface area (Å²) in [6.07, 6.45) is 2.35. The summed E-state index contributed by atoms with van der Waals surface area (Å²) in [7, 11) is 0. The maximum Gasteiger partial charge on any atom is 0.146 e. The van der Waals surface area contributed by atoms with Gasteiger partial charge in [0.15, 0.2) is 0 Å². The third-order valence-corrected chi connectivity index (χ3v) is 4.09. The van der Waals surface area contributed by atoms with Gasteiger partial charge in [-0.1, -0.05) is 49.2 Å². The second-order valence-electron chi connectivity index (χ2n) is 5.58. The van der Waals surface area contributed by atoms with Crippen molar-refractivity contribution >= 4 is 17.3 Å². The standard InChI is InChI=1S/C18H20ClNO/c1-3-4-13-5-7-14(8-6-13)17-11-20-16-10-15(19)9-12(2)18(16)21-17/h5-10,17,20H,3-4,11H2,1-2H3. The fourth-order valence-corrected chi connectivity index (χ4v) is 3.05. The van der Waals surface area contributed by atoms with Crippen LogP contribution in [0.3, 0.4) is 0 Å². The Balaban J connectivity index is 1.82. The van der Waals surface area contributed by atoms with E-state index in [0.717, 1.165) is 35.0 Å². The van der Waals surface area contributed by atoms with E-state index in [-0.39, 0.29) is 6.10 Å². The predicted molar refractivity (Wildman–Crippen MR) is 88.5 cm³/mol. The Kier molecular flexibility index (Phi) is 4.07. The second kappa shape index (κ2) is 5.98. The molecule has 0 fully saturated rings. The van der Waals surface area contributed by atoms with Gasteiger partial charge in [-0.3, -0.25) is 0 Å². The van der Waals surface area contributed by atoms with E-state index >= 15 is 0 Å². The SMILES string of the molecule is CCCc1ccc(C2CNc3cc(Cl)cc(C)c3O2)cc1. The van der Waals surface area contributed by atoms with Gasteiger partial charge in [0, 0.05) is 5.02 Å². The van der Waals surface area contributed by atoms with E-state index in [1.54, 1.807) is 0 Å². The van der Waals surface area contributed by atoms with Crippen LogP contribution < -0.4 is 10.1 Å². The first kappa shape index (κ1) is 14.3. The maximum atomic E-state index is 6.18. The van der Waals surface area contributed by atoms with Crippen LogP contribution in [0.25, 0.3) is 0 Å². The van der Waals surface area contributed by atoms with Crippen LogP contribution in [0.1, 0.15) is 36.1 Å². The van der Waals surface area contributed by atoms with E-state index in [0.29, 0.717) is 0 Å². The quantitative estimate of drug-likeness (QED) is 0.847. The van der Waals surface area contributed by atoms with Gasteiger partial charge in [-0.2, -0.15) is 0 Å². The van der Waals surface area contributed by atoms with Gasteiger partial charge in [-0.25, -0.2) is 0 Å². The lowest BCUT2D eigenvalue weighted by molar-refractivity contribution is 0.209. The van der Waals surface area contributed by atoms with Crippen LogP contribution in [-0.2, 0) is 6.42 Å². The minimum atomic E-state index is 0.0491. The molecular weight excluding hydrogens is 282 g/mol. The Hall–Kier alpha value is -1.67. The van der Waals surface area contributed by atoms with Crippen LogP contribution in [0.4, 0.5) is 5.69 Å². The monoisotopic (exact) mass is 301 g/mol. The van der Waals surface area contributed by atoms with E-state index in [9.17, 15) is 0 Å². The number of aryl methyl sites for hydroxylation is 2. The number of nitrogens with one attached hydrogen (secondary N) is 1. The van der Waals surface area contributed by atoms with E-state index in [1.807, 2.05) is 19.1 Å². The number of anilines is 1. The third kappa shape index (κ3) is 3.01. The molecule has 3 rings (SSSR count). The second-order valence-corrected chi connectivity index (χ2v) is 6.01. The van der Waals surface area contributed by atoms with E-state index in [2.05, 4.69) is 36.5 Å². The fraction of sp³-hybridized carbons (Fsp3) is 0.333. The molecule has 110 valence electrons. The zero-order valence-electron chi connectivity index (χ0n) is 12.4. The third-order valence-electron chi connectivity index (χ3n) is 3.87. The van der Waals surface area contributed by atoms with Crippen molar-refractivity contribution in [1.82, 2.24) is 0 Å². The number of hydrogen-bond acceptors (Lipinski definition) is 2. The van der Waals surface area contributed by atoms with Gasteiger partial charge in [0.1, 0.15) is 11.9 Å². The van der Waals surface area contributed by atoms with Gasteiger partial charge in [0.05, 0.1) is 12.2 Å². The van der Waals surface area contributed by atoms with Crippen molar-refractivity contribution in [3.63, 3.8) is 0 Å². The molecule has 21 heavy (non-hydrogen) atoms. The molecular formula is C18H20ClNO. The Labute approximate surface area is 131 Å². The Bertz CT molecular complexity index is 636. The van der Waals surface area contributed by atoms with Crippen LogP contribution in [0.15, 0.2) is 36.4 Å².